The first-order valence-corrected chi connectivity index (χ1v) is 5.50. The van der Waals surface area contributed by atoms with E-state index >= 15 is 0 Å². The number of allylic oxidation sites excluding steroid dienone is 12. The molecule has 3 rings (SSSR count). The fourth-order valence-electron chi connectivity index (χ4n) is 2.56. The minimum absolute atomic E-state index is 0.191. The van der Waals surface area contributed by atoms with Crippen LogP contribution in [0, 0.1) is 11.3 Å². The van der Waals surface area contributed by atoms with Crippen LogP contribution in [0.3, 0.4) is 0 Å². The first kappa shape index (κ1) is 8.72. The lowest BCUT2D eigenvalue weighted by Crippen LogP contribution is -2.12. The van der Waals surface area contributed by atoms with Crippen LogP contribution in [0.5, 0.6) is 0 Å². The summed E-state index contributed by atoms with van der Waals surface area (Å²) in [4.78, 5) is 0. The highest BCUT2D eigenvalue weighted by Gasteiger charge is 2.37. The molecule has 0 heterocycles. The van der Waals surface area contributed by atoms with Crippen LogP contribution in [0.4, 0.5) is 0 Å². The van der Waals surface area contributed by atoms with Gasteiger partial charge in [-0.15, -0.1) is 0 Å². The van der Waals surface area contributed by atoms with Crippen molar-refractivity contribution in [3.8, 4) is 0 Å². The standard InChI is InChI=1S/C15H14/c1-2-4-6-14(7-5-3-1)15-10-8-13(12-15)9-11-15/h1-11,13H,12H2. The van der Waals surface area contributed by atoms with Crippen LogP contribution >= 0.6 is 0 Å². The lowest BCUT2D eigenvalue weighted by Gasteiger charge is -2.23. The molecule has 3 aliphatic carbocycles. The van der Waals surface area contributed by atoms with Crippen molar-refractivity contribution in [3.05, 3.63) is 72.4 Å². The summed E-state index contributed by atoms with van der Waals surface area (Å²) in [5.41, 5.74) is 1.59. The van der Waals surface area contributed by atoms with E-state index < -0.39 is 0 Å². The van der Waals surface area contributed by atoms with Crippen molar-refractivity contribution in [3.63, 3.8) is 0 Å². The van der Waals surface area contributed by atoms with E-state index in [0.29, 0.717) is 5.92 Å². The molecule has 0 aromatic heterocycles. The van der Waals surface area contributed by atoms with Gasteiger partial charge >= 0.3 is 0 Å². The zero-order valence-electron chi connectivity index (χ0n) is 8.64. The Morgan fingerprint density at radius 2 is 1.67 bits per heavy atom. The zero-order valence-corrected chi connectivity index (χ0v) is 8.64. The number of rotatable bonds is 1. The van der Waals surface area contributed by atoms with Crippen molar-refractivity contribution in [2.45, 2.75) is 6.42 Å². The van der Waals surface area contributed by atoms with Gasteiger partial charge in [0.25, 0.3) is 0 Å². The van der Waals surface area contributed by atoms with E-state index in [1.54, 1.807) is 0 Å². The summed E-state index contributed by atoms with van der Waals surface area (Å²) >= 11 is 0. The van der Waals surface area contributed by atoms with Crippen LogP contribution in [-0.4, -0.2) is 0 Å². The Labute approximate surface area is 90.7 Å². The average molecular weight is 194 g/mol. The van der Waals surface area contributed by atoms with Gasteiger partial charge in [-0.2, -0.15) is 0 Å². The summed E-state index contributed by atoms with van der Waals surface area (Å²) in [7, 11) is 0. The van der Waals surface area contributed by atoms with Crippen molar-refractivity contribution >= 4 is 0 Å². The Balaban J connectivity index is 2.00. The van der Waals surface area contributed by atoms with Gasteiger partial charge in [-0.05, 0) is 17.9 Å². The molecule has 3 aliphatic rings. The summed E-state index contributed by atoms with van der Waals surface area (Å²) in [5, 5.41) is 0. The van der Waals surface area contributed by atoms with E-state index in [-0.39, 0.29) is 5.41 Å². The lowest BCUT2D eigenvalue weighted by atomic mass is 9.80. The Morgan fingerprint density at radius 1 is 0.933 bits per heavy atom. The summed E-state index contributed by atoms with van der Waals surface area (Å²) in [5.74, 6) is 0.671. The molecule has 0 heteroatoms. The third-order valence-corrected chi connectivity index (χ3v) is 3.39. The maximum atomic E-state index is 2.35. The zero-order chi connectivity index (χ0) is 10.1. The molecule has 0 saturated carbocycles. The highest BCUT2D eigenvalue weighted by molar-refractivity contribution is 5.47. The van der Waals surface area contributed by atoms with E-state index in [9.17, 15) is 0 Å². The van der Waals surface area contributed by atoms with E-state index in [1.807, 2.05) is 0 Å². The normalized spacial score (nSPS) is 35.7. The van der Waals surface area contributed by atoms with E-state index in [1.165, 1.54) is 12.0 Å². The van der Waals surface area contributed by atoms with Crippen LogP contribution in [0.15, 0.2) is 72.4 Å². The van der Waals surface area contributed by atoms with Gasteiger partial charge in [-0.1, -0.05) is 66.8 Å². The second-order valence-corrected chi connectivity index (χ2v) is 4.38. The third kappa shape index (κ3) is 1.37. The highest BCUT2D eigenvalue weighted by Crippen LogP contribution is 2.49. The molecule has 0 aliphatic heterocycles. The summed E-state index contributed by atoms with van der Waals surface area (Å²) in [6.45, 7) is 0. The van der Waals surface area contributed by atoms with Gasteiger partial charge in [0, 0.05) is 5.41 Å². The molecule has 0 saturated heterocycles. The van der Waals surface area contributed by atoms with Crippen LogP contribution in [0.25, 0.3) is 0 Å². The van der Waals surface area contributed by atoms with Gasteiger partial charge in [-0.25, -0.2) is 0 Å². The molecule has 0 nitrogen and oxygen atoms in total. The molecule has 0 unspecified atom stereocenters. The fraction of sp³-hybridized carbons (Fsp3) is 0.200. The summed E-state index contributed by atoms with van der Waals surface area (Å²) in [6.07, 6.45) is 25.5. The SMILES string of the molecule is C1=CC=CC(C23C=CC(C=C2)C3)=CC=C1. The van der Waals surface area contributed by atoms with Gasteiger partial charge in [0.05, 0.1) is 0 Å². The second-order valence-electron chi connectivity index (χ2n) is 4.38. The van der Waals surface area contributed by atoms with Crippen molar-refractivity contribution < 1.29 is 0 Å². The molecule has 0 radical (unpaired) electrons. The molecular weight excluding hydrogens is 180 g/mol. The Hall–Kier alpha value is -1.56. The Morgan fingerprint density at radius 3 is 2.40 bits per heavy atom. The molecule has 0 aromatic rings. The minimum atomic E-state index is 0.191. The molecule has 0 N–H and O–H groups in total. The molecule has 0 aromatic carbocycles. The number of hydrogen-bond donors (Lipinski definition) is 0. The van der Waals surface area contributed by atoms with Crippen LogP contribution in [0.2, 0.25) is 0 Å². The third-order valence-electron chi connectivity index (χ3n) is 3.39. The smallest absolute Gasteiger partial charge is 0.0321 e. The predicted molar refractivity (Wildman–Crippen MR) is 64.3 cm³/mol. The quantitative estimate of drug-likeness (QED) is 0.558. The minimum Gasteiger partial charge on any atom is -0.0804 e. The maximum absolute atomic E-state index is 2.35. The fourth-order valence-corrected chi connectivity index (χ4v) is 2.56. The summed E-state index contributed by atoms with van der Waals surface area (Å²) < 4.78 is 0. The second kappa shape index (κ2) is 3.23. The highest BCUT2D eigenvalue weighted by atomic mass is 14.4. The summed E-state index contributed by atoms with van der Waals surface area (Å²) in [6, 6.07) is 0. The maximum Gasteiger partial charge on any atom is 0.0321 e. The molecule has 2 bridgehead atoms. The van der Waals surface area contributed by atoms with Gasteiger partial charge in [0.1, 0.15) is 0 Å². The van der Waals surface area contributed by atoms with Gasteiger partial charge in [0.15, 0.2) is 0 Å². The first-order valence-electron chi connectivity index (χ1n) is 5.50. The van der Waals surface area contributed by atoms with E-state index in [0.717, 1.165) is 0 Å². The van der Waals surface area contributed by atoms with E-state index in [4.69, 9.17) is 0 Å². The molecule has 0 amide bonds. The molecule has 15 heavy (non-hydrogen) atoms. The van der Waals surface area contributed by atoms with Crippen LogP contribution in [-0.2, 0) is 0 Å². The molecular formula is C15H14. The van der Waals surface area contributed by atoms with Gasteiger partial charge in [-0.3, -0.25) is 0 Å². The largest absolute Gasteiger partial charge is 0.0804 e. The van der Waals surface area contributed by atoms with Crippen molar-refractivity contribution in [2.75, 3.05) is 0 Å². The first-order chi connectivity index (χ1) is 7.39. The number of hydrogen-bond acceptors (Lipinski definition) is 0. The lowest BCUT2D eigenvalue weighted by molar-refractivity contribution is 0.578. The van der Waals surface area contributed by atoms with E-state index in [2.05, 4.69) is 66.8 Å². The van der Waals surface area contributed by atoms with Crippen LogP contribution in [0.1, 0.15) is 6.42 Å². The molecule has 0 spiro atoms. The van der Waals surface area contributed by atoms with Crippen molar-refractivity contribution in [1.29, 1.82) is 0 Å². The molecule has 74 valence electrons. The monoisotopic (exact) mass is 194 g/mol. The Bertz CT molecular complexity index is 425. The average Bonchev–Trinajstić information content (AvgIpc) is 2.77. The van der Waals surface area contributed by atoms with Gasteiger partial charge in [0.2, 0.25) is 0 Å². The topological polar surface area (TPSA) is 0 Å². The number of fused-ring (bicyclic) bond motifs is 2. The molecule has 0 fully saturated rings. The Kier molecular flexibility index (Phi) is 1.88. The molecule has 0 atom stereocenters. The van der Waals surface area contributed by atoms with Crippen LogP contribution < -0.4 is 0 Å². The van der Waals surface area contributed by atoms with Crippen molar-refractivity contribution in [1.82, 2.24) is 0 Å². The van der Waals surface area contributed by atoms with Crippen molar-refractivity contribution in [2.24, 2.45) is 11.3 Å². The van der Waals surface area contributed by atoms with Gasteiger partial charge < -0.3 is 0 Å². The predicted octanol–water partition coefficient (Wildman–Crippen LogP) is 3.73.